The van der Waals surface area contributed by atoms with E-state index in [1.807, 2.05) is 11.6 Å². The largest absolute Gasteiger partial charge is 0.476 e. The van der Waals surface area contributed by atoms with Gasteiger partial charge >= 0.3 is 5.97 Å². The second-order valence-electron chi connectivity index (χ2n) is 3.02. The first-order valence-corrected chi connectivity index (χ1v) is 5.20. The predicted molar refractivity (Wildman–Crippen MR) is 55.4 cm³/mol. The number of H-pyrrole nitrogens is 1. The second kappa shape index (κ2) is 3.14. The standard InChI is InChI=1S/C8H5N5O2S/c14-7(15)6-5(10-12-11-6)4-3-9-8-13(4)1-2-16-8/h1-3H,(H,14,15)(H,10,11,12). The zero-order valence-corrected chi connectivity index (χ0v) is 8.60. The molecule has 0 aliphatic carbocycles. The lowest BCUT2D eigenvalue weighted by Gasteiger charge is -1.94. The van der Waals surface area contributed by atoms with Crippen LogP contribution in [0.5, 0.6) is 0 Å². The SMILES string of the molecule is O=C(O)c1n[nH]nc1-c1cnc2sccn12. The Labute approximate surface area is 92.4 Å². The number of carbonyl (C=O) groups is 1. The summed E-state index contributed by atoms with van der Waals surface area (Å²) in [5.41, 5.74) is 0.800. The highest BCUT2D eigenvalue weighted by molar-refractivity contribution is 7.15. The van der Waals surface area contributed by atoms with Gasteiger partial charge in [-0.3, -0.25) is 4.40 Å². The number of aromatic nitrogens is 5. The molecule has 2 N–H and O–H groups in total. The lowest BCUT2D eigenvalue weighted by atomic mass is 10.2. The fourth-order valence-corrected chi connectivity index (χ4v) is 2.15. The smallest absolute Gasteiger partial charge is 0.358 e. The van der Waals surface area contributed by atoms with E-state index in [2.05, 4.69) is 20.4 Å². The van der Waals surface area contributed by atoms with Gasteiger partial charge in [0.1, 0.15) is 5.69 Å². The Morgan fingerprint density at radius 1 is 1.50 bits per heavy atom. The molecule has 8 heteroatoms. The number of hydrogen-bond donors (Lipinski definition) is 2. The van der Waals surface area contributed by atoms with Crippen LogP contribution in [0.15, 0.2) is 17.8 Å². The summed E-state index contributed by atoms with van der Waals surface area (Å²) in [7, 11) is 0. The molecule has 80 valence electrons. The zero-order chi connectivity index (χ0) is 11.1. The van der Waals surface area contributed by atoms with Gasteiger partial charge in [-0.25, -0.2) is 9.78 Å². The molecule has 0 bridgehead atoms. The maximum atomic E-state index is 10.9. The van der Waals surface area contributed by atoms with Crippen molar-refractivity contribution in [2.24, 2.45) is 0 Å². The van der Waals surface area contributed by atoms with Crippen molar-refractivity contribution in [1.82, 2.24) is 24.8 Å². The van der Waals surface area contributed by atoms with Gasteiger partial charge in [-0.05, 0) is 0 Å². The van der Waals surface area contributed by atoms with Crippen LogP contribution >= 0.6 is 11.3 Å². The van der Waals surface area contributed by atoms with Gasteiger partial charge in [0.05, 0.1) is 11.9 Å². The molecule has 3 aromatic heterocycles. The summed E-state index contributed by atoms with van der Waals surface area (Å²) in [6.45, 7) is 0. The third kappa shape index (κ3) is 1.13. The molecule has 0 aliphatic heterocycles. The summed E-state index contributed by atoms with van der Waals surface area (Å²) in [6, 6.07) is 0. The minimum Gasteiger partial charge on any atom is -0.476 e. The third-order valence-corrected chi connectivity index (χ3v) is 2.91. The number of aromatic amines is 1. The summed E-state index contributed by atoms with van der Waals surface area (Å²) in [5.74, 6) is -1.12. The molecule has 7 nitrogen and oxygen atoms in total. The van der Waals surface area contributed by atoms with Gasteiger partial charge in [0.25, 0.3) is 0 Å². The molecular weight excluding hydrogens is 230 g/mol. The Morgan fingerprint density at radius 3 is 3.19 bits per heavy atom. The van der Waals surface area contributed by atoms with Crippen LogP contribution in [0.4, 0.5) is 0 Å². The molecular formula is C8H5N5O2S. The van der Waals surface area contributed by atoms with Gasteiger partial charge in [0, 0.05) is 11.6 Å². The van der Waals surface area contributed by atoms with E-state index < -0.39 is 5.97 Å². The molecule has 0 amide bonds. The predicted octanol–water partition coefficient (Wildman–Crippen LogP) is 0.879. The van der Waals surface area contributed by atoms with Gasteiger partial charge in [-0.15, -0.1) is 16.4 Å². The van der Waals surface area contributed by atoms with Crippen molar-refractivity contribution in [3.63, 3.8) is 0 Å². The number of imidazole rings is 1. The van der Waals surface area contributed by atoms with Crippen molar-refractivity contribution in [3.05, 3.63) is 23.5 Å². The first-order chi connectivity index (χ1) is 7.77. The fraction of sp³-hybridized carbons (Fsp3) is 0. The molecule has 0 aliphatic rings. The fourth-order valence-electron chi connectivity index (χ4n) is 1.46. The van der Waals surface area contributed by atoms with Crippen LogP contribution in [0.1, 0.15) is 10.5 Å². The van der Waals surface area contributed by atoms with Crippen LogP contribution < -0.4 is 0 Å². The van der Waals surface area contributed by atoms with Gasteiger partial charge in [0.15, 0.2) is 10.7 Å². The van der Waals surface area contributed by atoms with Crippen LogP contribution in [-0.4, -0.2) is 35.9 Å². The van der Waals surface area contributed by atoms with Crippen LogP contribution in [0.2, 0.25) is 0 Å². The average molecular weight is 235 g/mol. The zero-order valence-electron chi connectivity index (χ0n) is 7.78. The Bertz CT molecular complexity index is 667. The highest BCUT2D eigenvalue weighted by Gasteiger charge is 2.19. The van der Waals surface area contributed by atoms with Crippen LogP contribution in [0, 0.1) is 0 Å². The number of hydrogen-bond acceptors (Lipinski definition) is 5. The average Bonchev–Trinajstić information content (AvgIpc) is 2.92. The van der Waals surface area contributed by atoms with Crippen molar-refractivity contribution in [2.75, 3.05) is 0 Å². The molecule has 0 fully saturated rings. The van der Waals surface area contributed by atoms with E-state index in [0.29, 0.717) is 11.4 Å². The highest BCUT2D eigenvalue weighted by Crippen LogP contribution is 2.23. The first kappa shape index (κ1) is 9.04. The van der Waals surface area contributed by atoms with Gasteiger partial charge in [-0.2, -0.15) is 10.3 Å². The summed E-state index contributed by atoms with van der Waals surface area (Å²) >= 11 is 1.47. The van der Waals surface area contributed by atoms with Crippen LogP contribution in [0.25, 0.3) is 16.3 Å². The van der Waals surface area contributed by atoms with Gasteiger partial charge in [0.2, 0.25) is 0 Å². The Balaban J connectivity index is 2.27. The topological polar surface area (TPSA) is 96.2 Å². The quantitative estimate of drug-likeness (QED) is 0.687. The lowest BCUT2D eigenvalue weighted by molar-refractivity contribution is 0.0691. The minimum absolute atomic E-state index is 0.104. The molecule has 0 saturated heterocycles. The van der Waals surface area contributed by atoms with E-state index in [9.17, 15) is 4.79 Å². The molecule has 3 rings (SSSR count). The minimum atomic E-state index is -1.12. The number of nitrogens with one attached hydrogen (secondary N) is 1. The number of aromatic carboxylic acids is 1. The van der Waals surface area contributed by atoms with Crippen molar-refractivity contribution in [2.45, 2.75) is 0 Å². The number of rotatable bonds is 2. The van der Waals surface area contributed by atoms with E-state index in [4.69, 9.17) is 5.11 Å². The number of thiazole rings is 1. The summed E-state index contributed by atoms with van der Waals surface area (Å²) in [6.07, 6.45) is 3.39. The molecule has 3 aromatic rings. The maximum absolute atomic E-state index is 10.9. The van der Waals surface area contributed by atoms with Crippen molar-refractivity contribution >= 4 is 22.3 Å². The molecule has 0 spiro atoms. The summed E-state index contributed by atoms with van der Waals surface area (Å²) < 4.78 is 1.77. The van der Waals surface area contributed by atoms with Gasteiger partial charge in [-0.1, -0.05) is 0 Å². The Morgan fingerprint density at radius 2 is 2.38 bits per heavy atom. The van der Waals surface area contributed by atoms with Crippen molar-refractivity contribution in [3.8, 4) is 11.4 Å². The second-order valence-corrected chi connectivity index (χ2v) is 3.90. The van der Waals surface area contributed by atoms with Crippen LogP contribution in [-0.2, 0) is 0 Å². The molecule has 0 radical (unpaired) electrons. The van der Waals surface area contributed by atoms with Crippen molar-refractivity contribution < 1.29 is 9.90 Å². The van der Waals surface area contributed by atoms with Crippen molar-refractivity contribution in [1.29, 1.82) is 0 Å². The van der Waals surface area contributed by atoms with E-state index in [1.54, 1.807) is 10.6 Å². The molecule has 16 heavy (non-hydrogen) atoms. The third-order valence-electron chi connectivity index (χ3n) is 2.14. The maximum Gasteiger partial charge on any atom is 0.358 e. The summed E-state index contributed by atoms with van der Waals surface area (Å²) in [5, 5.41) is 20.5. The Kier molecular flexibility index (Phi) is 1.77. The molecule has 0 unspecified atom stereocenters. The molecule has 0 atom stereocenters. The van der Waals surface area contributed by atoms with E-state index in [-0.39, 0.29) is 5.69 Å². The number of carboxylic acid groups (broad SMARTS) is 1. The monoisotopic (exact) mass is 235 g/mol. The highest BCUT2D eigenvalue weighted by atomic mass is 32.1. The molecule has 0 aromatic carbocycles. The first-order valence-electron chi connectivity index (χ1n) is 4.32. The van der Waals surface area contributed by atoms with E-state index >= 15 is 0 Å². The van der Waals surface area contributed by atoms with E-state index in [0.717, 1.165) is 4.96 Å². The lowest BCUT2D eigenvalue weighted by Crippen LogP contribution is -2.00. The summed E-state index contributed by atoms with van der Waals surface area (Å²) in [4.78, 5) is 15.8. The number of nitrogens with zero attached hydrogens (tertiary/aromatic N) is 4. The molecule has 0 saturated carbocycles. The Hall–Kier alpha value is -2.22. The van der Waals surface area contributed by atoms with Crippen LogP contribution in [0.3, 0.4) is 0 Å². The number of fused-ring (bicyclic) bond motifs is 1. The van der Waals surface area contributed by atoms with Gasteiger partial charge < -0.3 is 5.11 Å². The van der Waals surface area contributed by atoms with E-state index in [1.165, 1.54) is 11.3 Å². The number of carboxylic acids is 1. The normalized spacial score (nSPS) is 11.0. The molecule has 3 heterocycles.